The number of hydrogen-bond donors (Lipinski definition) is 4. The van der Waals surface area contributed by atoms with E-state index in [1.54, 1.807) is 12.1 Å². The van der Waals surface area contributed by atoms with E-state index in [-0.39, 0.29) is 19.4 Å². The van der Waals surface area contributed by atoms with Crippen LogP contribution in [0, 0.1) is 11.6 Å². The van der Waals surface area contributed by atoms with Gasteiger partial charge in [0.1, 0.15) is 18.0 Å². The van der Waals surface area contributed by atoms with Gasteiger partial charge < -0.3 is 21.5 Å². The second-order valence-electron chi connectivity index (χ2n) is 8.68. The number of pyridine rings is 1. The Morgan fingerprint density at radius 1 is 0.892 bits per heavy atom. The van der Waals surface area contributed by atoms with Gasteiger partial charge in [0.05, 0.1) is 0 Å². The van der Waals surface area contributed by atoms with Crippen LogP contribution in [-0.2, 0) is 29.0 Å². The van der Waals surface area contributed by atoms with E-state index in [0.29, 0.717) is 16.9 Å². The topological polar surface area (TPSA) is 117 Å². The number of nitrogens with two attached hydrogens (primary N) is 1. The monoisotopic (exact) mass is 504 g/mol. The van der Waals surface area contributed by atoms with E-state index in [9.17, 15) is 23.5 Å². The maximum atomic E-state index is 13.8. The highest BCUT2D eigenvalue weighted by molar-refractivity contribution is 5.90. The van der Waals surface area contributed by atoms with Gasteiger partial charge in [0.2, 0.25) is 11.8 Å². The van der Waals surface area contributed by atoms with Crippen LogP contribution < -0.4 is 16.4 Å². The molecular formula is C28H26F2N4O3. The number of nitrogen functional groups attached to an aromatic ring is 1. The van der Waals surface area contributed by atoms with E-state index in [1.807, 2.05) is 42.5 Å². The fourth-order valence-corrected chi connectivity index (χ4v) is 4.00. The van der Waals surface area contributed by atoms with Crippen molar-refractivity contribution in [2.75, 3.05) is 5.73 Å². The van der Waals surface area contributed by atoms with Crippen molar-refractivity contribution in [2.45, 2.75) is 31.5 Å². The summed E-state index contributed by atoms with van der Waals surface area (Å²) in [7, 11) is 0. The molecule has 7 nitrogen and oxygen atoms in total. The van der Waals surface area contributed by atoms with Gasteiger partial charge in [-0.1, -0.05) is 54.6 Å². The number of benzene rings is 3. The van der Waals surface area contributed by atoms with Crippen molar-refractivity contribution in [2.24, 2.45) is 0 Å². The molecule has 37 heavy (non-hydrogen) atoms. The quantitative estimate of drug-likeness (QED) is 0.280. The van der Waals surface area contributed by atoms with Crippen LogP contribution in [0.2, 0.25) is 0 Å². The van der Waals surface area contributed by atoms with E-state index in [1.165, 1.54) is 12.3 Å². The van der Waals surface area contributed by atoms with Gasteiger partial charge in [0, 0.05) is 25.6 Å². The first kappa shape index (κ1) is 25.7. The van der Waals surface area contributed by atoms with E-state index >= 15 is 0 Å². The molecule has 2 atom stereocenters. The Morgan fingerprint density at radius 3 is 2.41 bits per heavy atom. The molecule has 4 aromatic rings. The first-order chi connectivity index (χ1) is 17.8. The molecule has 3 aromatic carbocycles. The SMILES string of the molecule is Nc1ccc(CNC(=O)[C@H](Cc2ccc(F)c(F)c2)NC(=O)C(O)Cc2cccc3ccccc23)cn1. The molecule has 4 rings (SSSR count). The third kappa shape index (κ3) is 6.65. The second kappa shape index (κ2) is 11.6. The summed E-state index contributed by atoms with van der Waals surface area (Å²) in [6, 6.07) is 18.6. The lowest BCUT2D eigenvalue weighted by atomic mass is 9.99. The number of halogens is 2. The van der Waals surface area contributed by atoms with Crippen molar-refractivity contribution in [1.29, 1.82) is 0 Å². The van der Waals surface area contributed by atoms with Crippen molar-refractivity contribution < 1.29 is 23.5 Å². The summed E-state index contributed by atoms with van der Waals surface area (Å²) in [5.74, 6) is -3.07. The highest BCUT2D eigenvalue weighted by Crippen LogP contribution is 2.20. The first-order valence-corrected chi connectivity index (χ1v) is 11.7. The number of rotatable bonds is 9. The lowest BCUT2D eigenvalue weighted by Crippen LogP contribution is -2.51. The second-order valence-corrected chi connectivity index (χ2v) is 8.68. The molecule has 0 fully saturated rings. The summed E-state index contributed by atoms with van der Waals surface area (Å²) in [5.41, 5.74) is 7.34. The molecule has 0 radical (unpaired) electrons. The van der Waals surface area contributed by atoms with Gasteiger partial charge in [0.25, 0.3) is 0 Å². The minimum atomic E-state index is -1.44. The molecule has 1 unspecified atom stereocenters. The van der Waals surface area contributed by atoms with Crippen LogP contribution in [0.4, 0.5) is 14.6 Å². The first-order valence-electron chi connectivity index (χ1n) is 11.7. The van der Waals surface area contributed by atoms with Gasteiger partial charge in [-0.2, -0.15) is 0 Å². The molecule has 1 heterocycles. The average Bonchev–Trinajstić information content (AvgIpc) is 2.90. The average molecular weight is 505 g/mol. The maximum Gasteiger partial charge on any atom is 0.249 e. The number of fused-ring (bicyclic) bond motifs is 1. The number of nitrogens with zero attached hydrogens (tertiary/aromatic N) is 1. The van der Waals surface area contributed by atoms with E-state index < -0.39 is 35.6 Å². The summed E-state index contributed by atoms with van der Waals surface area (Å²) < 4.78 is 27.2. The summed E-state index contributed by atoms with van der Waals surface area (Å²) in [6.07, 6.45) is -0.0150. The van der Waals surface area contributed by atoms with E-state index in [2.05, 4.69) is 15.6 Å². The van der Waals surface area contributed by atoms with Gasteiger partial charge in [-0.3, -0.25) is 9.59 Å². The predicted molar refractivity (Wildman–Crippen MR) is 136 cm³/mol. The minimum Gasteiger partial charge on any atom is -0.384 e. The van der Waals surface area contributed by atoms with Crippen LogP contribution >= 0.6 is 0 Å². The number of hydrogen-bond acceptors (Lipinski definition) is 5. The Bertz CT molecular complexity index is 1410. The molecule has 2 amide bonds. The molecule has 0 saturated heterocycles. The molecule has 190 valence electrons. The smallest absolute Gasteiger partial charge is 0.249 e. The lowest BCUT2D eigenvalue weighted by Gasteiger charge is -2.21. The van der Waals surface area contributed by atoms with Crippen molar-refractivity contribution in [1.82, 2.24) is 15.6 Å². The number of aromatic nitrogens is 1. The zero-order valence-electron chi connectivity index (χ0n) is 19.8. The molecule has 9 heteroatoms. The van der Waals surface area contributed by atoms with E-state index in [0.717, 1.165) is 28.5 Å². The molecule has 0 aliphatic rings. The minimum absolute atomic E-state index is 0.0316. The molecule has 0 aliphatic heterocycles. The fraction of sp³-hybridized carbons (Fsp3) is 0.179. The standard InChI is InChI=1S/C28H26F2N4O3/c29-22-10-8-17(12-23(22)30)13-24(27(36)33-16-18-9-11-26(31)32-15-18)34-28(37)25(35)14-20-6-3-5-19-4-1-2-7-21(19)20/h1-12,15,24-25,35H,13-14,16H2,(H2,31,32)(H,33,36)(H,34,37)/t24-,25?/m0/s1. The summed E-state index contributed by atoms with van der Waals surface area (Å²) in [6.45, 7) is 0.106. The largest absolute Gasteiger partial charge is 0.384 e. The molecule has 5 N–H and O–H groups in total. The van der Waals surface area contributed by atoms with Gasteiger partial charge in [-0.15, -0.1) is 0 Å². The van der Waals surface area contributed by atoms with E-state index in [4.69, 9.17) is 5.73 Å². The van der Waals surface area contributed by atoms with Gasteiger partial charge in [-0.05, 0) is 45.7 Å². The van der Waals surface area contributed by atoms with Crippen LogP contribution in [0.25, 0.3) is 10.8 Å². The fourth-order valence-electron chi connectivity index (χ4n) is 4.00. The number of anilines is 1. The van der Waals surface area contributed by atoms with Crippen LogP contribution in [0.1, 0.15) is 16.7 Å². The highest BCUT2D eigenvalue weighted by atomic mass is 19.2. The van der Waals surface area contributed by atoms with Crippen molar-refractivity contribution >= 4 is 28.4 Å². The normalized spacial score (nSPS) is 12.6. The summed E-state index contributed by atoms with van der Waals surface area (Å²) in [4.78, 5) is 29.9. The molecule has 1 aromatic heterocycles. The van der Waals surface area contributed by atoms with Crippen molar-refractivity contribution in [3.05, 3.63) is 107 Å². The number of aliphatic hydroxyl groups is 1. The number of nitrogens with one attached hydrogen (secondary N) is 2. The van der Waals surface area contributed by atoms with Gasteiger partial charge in [0.15, 0.2) is 11.6 Å². The van der Waals surface area contributed by atoms with Gasteiger partial charge >= 0.3 is 0 Å². The van der Waals surface area contributed by atoms with Crippen LogP contribution in [-0.4, -0.2) is 34.1 Å². The number of amides is 2. The third-order valence-electron chi connectivity index (χ3n) is 5.97. The Kier molecular flexibility index (Phi) is 8.05. The Morgan fingerprint density at radius 2 is 1.65 bits per heavy atom. The van der Waals surface area contributed by atoms with Crippen LogP contribution in [0.5, 0.6) is 0 Å². The number of aliphatic hydroxyl groups excluding tert-OH is 1. The third-order valence-corrected chi connectivity index (χ3v) is 5.97. The van der Waals surface area contributed by atoms with Crippen LogP contribution in [0.15, 0.2) is 79.0 Å². The zero-order valence-corrected chi connectivity index (χ0v) is 19.8. The Hall–Kier alpha value is -4.37. The van der Waals surface area contributed by atoms with Crippen molar-refractivity contribution in [3.8, 4) is 0 Å². The van der Waals surface area contributed by atoms with Crippen molar-refractivity contribution in [3.63, 3.8) is 0 Å². The molecule has 0 spiro atoms. The summed E-state index contributed by atoms with van der Waals surface area (Å²) >= 11 is 0. The van der Waals surface area contributed by atoms with Crippen LogP contribution in [0.3, 0.4) is 0 Å². The summed E-state index contributed by atoms with van der Waals surface area (Å²) in [5, 5.41) is 17.8. The molecular weight excluding hydrogens is 478 g/mol. The Balaban J connectivity index is 1.48. The zero-order chi connectivity index (χ0) is 26.4. The Labute approximate surface area is 212 Å². The van der Waals surface area contributed by atoms with Gasteiger partial charge in [-0.25, -0.2) is 13.8 Å². The highest BCUT2D eigenvalue weighted by Gasteiger charge is 2.25. The number of carbonyl (C=O) groups excluding carboxylic acids is 2. The molecule has 0 bridgehead atoms. The molecule has 0 aliphatic carbocycles. The number of carbonyl (C=O) groups is 2. The predicted octanol–water partition coefficient (Wildman–Crippen LogP) is 3.04. The molecule has 0 saturated carbocycles. The maximum absolute atomic E-state index is 13.8. The lowest BCUT2D eigenvalue weighted by molar-refractivity contribution is -0.134.